The molecule has 0 atom stereocenters. The number of rotatable bonds is 7. The van der Waals surface area contributed by atoms with E-state index in [-0.39, 0.29) is 17.2 Å². The number of carbonyl (C=O) groups excluding carboxylic acids is 4. The van der Waals surface area contributed by atoms with Crippen LogP contribution in [0.1, 0.15) is 59.8 Å². The molecule has 1 saturated heterocycles. The molecule has 1 aromatic carbocycles. The van der Waals surface area contributed by atoms with E-state index >= 15 is 0 Å². The van der Waals surface area contributed by atoms with Gasteiger partial charge in [-0.15, -0.1) is 0 Å². The lowest BCUT2D eigenvalue weighted by Gasteiger charge is -2.42. The normalized spacial score (nSPS) is 22.8. The second-order valence-corrected chi connectivity index (χ2v) is 9.66. The molecule has 0 unspecified atom stereocenters. The van der Waals surface area contributed by atoms with E-state index in [1.54, 1.807) is 18.2 Å². The molecule has 0 bridgehead atoms. The highest BCUT2D eigenvalue weighted by molar-refractivity contribution is 6.10. The number of hydrogen-bond donors (Lipinski definition) is 3. The first-order chi connectivity index (χ1) is 15.5. The Labute approximate surface area is 194 Å². The molecule has 9 heteroatoms. The maximum absolute atomic E-state index is 13.2. The lowest BCUT2D eigenvalue weighted by atomic mass is 9.65. The Morgan fingerprint density at radius 3 is 2.45 bits per heavy atom. The maximum Gasteiger partial charge on any atom is 0.325 e. The molecule has 1 aromatic rings. The Balaban J connectivity index is 1.67. The van der Waals surface area contributed by atoms with Crippen LogP contribution >= 0.6 is 0 Å². The topological polar surface area (TPSA) is 117 Å². The summed E-state index contributed by atoms with van der Waals surface area (Å²) in [7, 11) is 1.46. The van der Waals surface area contributed by atoms with Crippen LogP contribution in [0, 0.1) is 11.3 Å². The zero-order valence-electron chi connectivity index (χ0n) is 20.0. The third-order valence-electron chi connectivity index (χ3n) is 7.20. The first-order valence-corrected chi connectivity index (χ1v) is 11.4. The van der Waals surface area contributed by atoms with Gasteiger partial charge in [-0.3, -0.25) is 19.3 Å². The molecule has 180 valence electrons. The van der Waals surface area contributed by atoms with Crippen molar-refractivity contribution in [3.63, 3.8) is 0 Å². The second kappa shape index (κ2) is 9.41. The number of nitrogens with zero attached hydrogens (tertiary/aromatic N) is 1. The van der Waals surface area contributed by atoms with Gasteiger partial charge in [0, 0.05) is 12.6 Å². The number of ether oxygens (including phenoxy) is 1. The minimum absolute atomic E-state index is 0.192. The van der Waals surface area contributed by atoms with Crippen molar-refractivity contribution < 1.29 is 23.9 Å². The van der Waals surface area contributed by atoms with E-state index < -0.39 is 24.0 Å². The van der Waals surface area contributed by atoms with Crippen LogP contribution < -0.4 is 20.7 Å². The van der Waals surface area contributed by atoms with Crippen LogP contribution in [0.4, 0.5) is 16.2 Å². The number of hydrogen-bond acceptors (Lipinski definition) is 5. The summed E-state index contributed by atoms with van der Waals surface area (Å²) < 4.78 is 5.27. The van der Waals surface area contributed by atoms with E-state index in [1.165, 1.54) is 14.0 Å². The van der Waals surface area contributed by atoms with Gasteiger partial charge in [-0.2, -0.15) is 0 Å². The number of benzene rings is 1. The molecule has 9 nitrogen and oxygen atoms in total. The van der Waals surface area contributed by atoms with Crippen molar-refractivity contribution >= 4 is 35.1 Å². The van der Waals surface area contributed by atoms with Gasteiger partial charge in [-0.05, 0) is 55.2 Å². The smallest absolute Gasteiger partial charge is 0.325 e. The van der Waals surface area contributed by atoms with Crippen molar-refractivity contribution in [1.29, 1.82) is 0 Å². The van der Waals surface area contributed by atoms with Crippen LogP contribution in [0.15, 0.2) is 18.2 Å². The molecule has 1 spiro atoms. The van der Waals surface area contributed by atoms with Crippen LogP contribution in [0.25, 0.3) is 0 Å². The molecule has 5 amide bonds. The van der Waals surface area contributed by atoms with Gasteiger partial charge in [0.15, 0.2) is 0 Å². The molecule has 2 aliphatic rings. The molecule has 1 aliphatic heterocycles. The van der Waals surface area contributed by atoms with Crippen molar-refractivity contribution in [2.45, 2.75) is 65.3 Å². The molecular formula is C24H34N4O5. The highest BCUT2D eigenvalue weighted by Crippen LogP contribution is 2.45. The first-order valence-electron chi connectivity index (χ1n) is 11.4. The molecule has 0 aromatic heterocycles. The number of anilines is 2. The fourth-order valence-electron chi connectivity index (χ4n) is 4.76. The molecule has 1 aliphatic carbocycles. The summed E-state index contributed by atoms with van der Waals surface area (Å²) >= 11 is 0. The average molecular weight is 459 g/mol. The molecule has 0 radical (unpaired) electrons. The van der Waals surface area contributed by atoms with Crippen LogP contribution in [-0.4, -0.2) is 47.8 Å². The predicted molar refractivity (Wildman–Crippen MR) is 125 cm³/mol. The fraction of sp³-hybridized carbons (Fsp3) is 0.583. The van der Waals surface area contributed by atoms with E-state index in [0.29, 0.717) is 35.9 Å². The number of imide groups is 1. The Kier molecular flexibility index (Phi) is 7.00. The van der Waals surface area contributed by atoms with Gasteiger partial charge >= 0.3 is 6.03 Å². The van der Waals surface area contributed by atoms with Gasteiger partial charge in [0.2, 0.25) is 11.8 Å². The van der Waals surface area contributed by atoms with Gasteiger partial charge < -0.3 is 20.7 Å². The standard InChI is InChI=1S/C24H34N4O5/c1-6-23(3,4)16-9-11-24(12-10-16)21(31)28(22(32)27-24)14-20(30)26-18-13-17(25-15(2)29)7-8-19(18)33-5/h7-8,13,16H,6,9-12,14H2,1-5H3,(H,25,29)(H,26,30)(H,27,32). The highest BCUT2D eigenvalue weighted by Gasteiger charge is 2.53. The minimum atomic E-state index is -0.916. The van der Waals surface area contributed by atoms with Crippen LogP contribution in [-0.2, 0) is 14.4 Å². The Bertz CT molecular complexity index is 950. The van der Waals surface area contributed by atoms with Crippen molar-refractivity contribution in [1.82, 2.24) is 10.2 Å². The summed E-state index contributed by atoms with van der Waals surface area (Å²) in [5.74, 6) is -0.232. The molecule has 3 rings (SSSR count). The molecular weight excluding hydrogens is 424 g/mol. The van der Waals surface area contributed by atoms with E-state index in [9.17, 15) is 19.2 Å². The molecule has 3 N–H and O–H groups in total. The highest BCUT2D eigenvalue weighted by atomic mass is 16.5. The summed E-state index contributed by atoms with van der Waals surface area (Å²) in [6.45, 7) is 7.65. The predicted octanol–water partition coefficient (Wildman–Crippen LogP) is 3.51. The Hall–Kier alpha value is -3.10. The molecule has 2 fully saturated rings. The van der Waals surface area contributed by atoms with Gasteiger partial charge in [-0.1, -0.05) is 27.2 Å². The summed E-state index contributed by atoms with van der Waals surface area (Å²) in [5.41, 5.74) is 0.0930. The number of carbonyl (C=O) groups is 4. The van der Waals surface area contributed by atoms with Crippen molar-refractivity contribution in [2.75, 3.05) is 24.3 Å². The molecule has 1 heterocycles. The van der Waals surface area contributed by atoms with E-state index in [1.807, 2.05) is 0 Å². The van der Waals surface area contributed by atoms with E-state index in [2.05, 4.69) is 36.7 Å². The SMILES string of the molecule is CCC(C)(C)C1CCC2(CC1)NC(=O)N(CC(=O)Nc1cc(NC(C)=O)ccc1OC)C2=O. The minimum Gasteiger partial charge on any atom is -0.495 e. The number of methoxy groups -OCH3 is 1. The fourth-order valence-corrected chi connectivity index (χ4v) is 4.76. The average Bonchev–Trinajstić information content (AvgIpc) is 2.97. The second-order valence-electron chi connectivity index (χ2n) is 9.66. The van der Waals surface area contributed by atoms with E-state index in [0.717, 1.165) is 24.2 Å². The number of urea groups is 1. The van der Waals surface area contributed by atoms with Gasteiger partial charge in [0.05, 0.1) is 12.8 Å². The summed E-state index contributed by atoms with van der Waals surface area (Å²) in [4.78, 5) is 50.9. The lowest BCUT2D eigenvalue weighted by Crippen LogP contribution is -2.51. The Morgan fingerprint density at radius 1 is 1.21 bits per heavy atom. The van der Waals surface area contributed by atoms with Crippen molar-refractivity contribution in [3.8, 4) is 5.75 Å². The van der Waals surface area contributed by atoms with Gasteiger partial charge in [0.1, 0.15) is 17.8 Å². The Morgan fingerprint density at radius 2 is 1.88 bits per heavy atom. The summed E-state index contributed by atoms with van der Waals surface area (Å²) in [6, 6.07) is 4.28. The lowest BCUT2D eigenvalue weighted by molar-refractivity contribution is -0.135. The molecule has 1 saturated carbocycles. The summed E-state index contributed by atoms with van der Waals surface area (Å²) in [5, 5.41) is 8.19. The van der Waals surface area contributed by atoms with Crippen molar-refractivity contribution in [3.05, 3.63) is 18.2 Å². The first kappa shape index (κ1) is 24.5. The number of nitrogens with one attached hydrogen (secondary N) is 3. The third kappa shape index (κ3) is 5.12. The molecule has 33 heavy (non-hydrogen) atoms. The monoisotopic (exact) mass is 458 g/mol. The van der Waals surface area contributed by atoms with Crippen LogP contribution in [0.2, 0.25) is 0 Å². The van der Waals surface area contributed by atoms with Crippen LogP contribution in [0.5, 0.6) is 5.75 Å². The van der Waals surface area contributed by atoms with E-state index in [4.69, 9.17) is 4.74 Å². The third-order valence-corrected chi connectivity index (χ3v) is 7.20. The zero-order chi connectivity index (χ0) is 24.4. The quantitative estimate of drug-likeness (QED) is 0.541. The summed E-state index contributed by atoms with van der Waals surface area (Å²) in [6.07, 6.45) is 3.94. The maximum atomic E-state index is 13.2. The van der Waals surface area contributed by atoms with Crippen LogP contribution in [0.3, 0.4) is 0 Å². The van der Waals surface area contributed by atoms with Gasteiger partial charge in [-0.25, -0.2) is 4.79 Å². The zero-order valence-corrected chi connectivity index (χ0v) is 20.0. The number of amides is 5. The van der Waals surface area contributed by atoms with Gasteiger partial charge in [0.25, 0.3) is 5.91 Å². The largest absolute Gasteiger partial charge is 0.495 e. The van der Waals surface area contributed by atoms with Crippen molar-refractivity contribution in [2.24, 2.45) is 11.3 Å².